The summed E-state index contributed by atoms with van der Waals surface area (Å²) in [6, 6.07) is 13.7. The van der Waals surface area contributed by atoms with Gasteiger partial charge in [-0.15, -0.1) is 10.2 Å². The second-order valence-electron chi connectivity index (χ2n) is 8.04. The fourth-order valence-corrected chi connectivity index (χ4v) is 3.58. The predicted octanol–water partition coefficient (Wildman–Crippen LogP) is 4.00. The van der Waals surface area contributed by atoms with E-state index >= 15 is 0 Å². The van der Waals surface area contributed by atoms with Gasteiger partial charge in [-0.05, 0) is 35.6 Å². The number of aryl methyl sites for hydroxylation is 1. The van der Waals surface area contributed by atoms with Crippen molar-refractivity contribution in [2.75, 3.05) is 24.0 Å². The molecule has 0 aliphatic heterocycles. The van der Waals surface area contributed by atoms with E-state index < -0.39 is 0 Å². The lowest BCUT2D eigenvalue weighted by molar-refractivity contribution is -0.113. The number of nitrogens with one attached hydrogen (secondary N) is 1. The average Bonchev–Trinajstić information content (AvgIpc) is 3.06. The SMILES string of the molecule is COc1ccc(C)cc1NC(=O)CSc1nnc(-c2ccc(C(C)(C)C)cc2)n1N. The Kier molecular flexibility index (Phi) is 6.36. The van der Waals surface area contributed by atoms with Gasteiger partial charge in [0.25, 0.3) is 0 Å². The highest BCUT2D eigenvalue weighted by Gasteiger charge is 2.17. The fraction of sp³-hybridized carbons (Fsp3) is 0.318. The van der Waals surface area contributed by atoms with E-state index in [1.54, 1.807) is 7.11 Å². The van der Waals surface area contributed by atoms with Gasteiger partial charge in [-0.3, -0.25) is 4.79 Å². The topological polar surface area (TPSA) is 95.1 Å². The molecule has 1 amide bonds. The standard InChI is InChI=1S/C22H27N5O2S/c1-14-6-11-18(29-5)17(12-14)24-19(28)13-30-21-26-25-20(27(21)23)15-7-9-16(10-8-15)22(2,3)4/h6-12H,13,23H2,1-5H3,(H,24,28). The maximum Gasteiger partial charge on any atom is 0.234 e. The van der Waals surface area contributed by atoms with Gasteiger partial charge in [-0.2, -0.15) is 0 Å². The molecule has 1 heterocycles. The molecular formula is C22H27N5O2S. The molecule has 3 aromatic rings. The number of methoxy groups -OCH3 is 1. The number of amides is 1. The molecule has 8 heteroatoms. The Hall–Kier alpha value is -3.00. The van der Waals surface area contributed by atoms with Crippen molar-refractivity contribution in [3.8, 4) is 17.1 Å². The van der Waals surface area contributed by atoms with Crippen LogP contribution >= 0.6 is 11.8 Å². The summed E-state index contributed by atoms with van der Waals surface area (Å²) < 4.78 is 6.71. The number of nitrogen functional groups attached to an aromatic ring is 1. The maximum atomic E-state index is 12.4. The van der Waals surface area contributed by atoms with Gasteiger partial charge in [-0.1, -0.05) is 62.9 Å². The number of ether oxygens (including phenoxy) is 1. The quantitative estimate of drug-likeness (QED) is 0.458. The molecule has 1 aromatic heterocycles. The Bertz CT molecular complexity index is 1040. The summed E-state index contributed by atoms with van der Waals surface area (Å²) in [7, 11) is 1.57. The molecule has 0 saturated heterocycles. The predicted molar refractivity (Wildman–Crippen MR) is 121 cm³/mol. The Balaban J connectivity index is 1.67. The van der Waals surface area contributed by atoms with Crippen LogP contribution in [-0.4, -0.2) is 33.6 Å². The summed E-state index contributed by atoms with van der Waals surface area (Å²) in [6.07, 6.45) is 0. The number of anilines is 1. The van der Waals surface area contributed by atoms with Crippen LogP contribution in [-0.2, 0) is 10.2 Å². The van der Waals surface area contributed by atoms with Crippen LogP contribution < -0.4 is 15.9 Å². The molecule has 2 aromatic carbocycles. The first-order valence-corrected chi connectivity index (χ1v) is 10.6. The number of carbonyl (C=O) groups excluding carboxylic acids is 1. The zero-order valence-electron chi connectivity index (χ0n) is 17.9. The second kappa shape index (κ2) is 8.79. The van der Waals surface area contributed by atoms with Crippen molar-refractivity contribution in [3.63, 3.8) is 0 Å². The molecule has 0 aliphatic carbocycles. The van der Waals surface area contributed by atoms with Crippen molar-refractivity contribution in [1.29, 1.82) is 0 Å². The maximum absolute atomic E-state index is 12.4. The van der Waals surface area contributed by atoms with Crippen molar-refractivity contribution in [2.24, 2.45) is 0 Å². The summed E-state index contributed by atoms with van der Waals surface area (Å²) in [4.78, 5) is 12.4. The number of nitrogens with zero attached hydrogens (tertiary/aromatic N) is 3. The lowest BCUT2D eigenvalue weighted by atomic mass is 9.87. The summed E-state index contributed by atoms with van der Waals surface area (Å²) in [5.41, 5.74) is 3.84. The Morgan fingerprint density at radius 2 is 1.87 bits per heavy atom. The minimum atomic E-state index is -0.178. The van der Waals surface area contributed by atoms with Gasteiger partial charge in [0.1, 0.15) is 5.75 Å². The van der Waals surface area contributed by atoms with Crippen molar-refractivity contribution in [1.82, 2.24) is 14.9 Å². The fourth-order valence-electron chi connectivity index (χ4n) is 2.93. The Labute approximate surface area is 181 Å². The normalized spacial score (nSPS) is 11.4. The molecule has 0 saturated carbocycles. The third-order valence-corrected chi connectivity index (χ3v) is 5.58. The second-order valence-corrected chi connectivity index (χ2v) is 8.99. The van der Waals surface area contributed by atoms with E-state index in [0.29, 0.717) is 22.4 Å². The summed E-state index contributed by atoms with van der Waals surface area (Å²) >= 11 is 1.23. The Morgan fingerprint density at radius 1 is 1.17 bits per heavy atom. The van der Waals surface area contributed by atoms with Crippen LogP contribution in [0.2, 0.25) is 0 Å². The molecular weight excluding hydrogens is 398 g/mol. The molecule has 0 atom stereocenters. The molecule has 3 N–H and O–H groups in total. The zero-order valence-corrected chi connectivity index (χ0v) is 18.7. The van der Waals surface area contributed by atoms with Crippen LogP contribution in [0.4, 0.5) is 5.69 Å². The van der Waals surface area contributed by atoms with Crippen LogP contribution in [0.15, 0.2) is 47.6 Å². The number of thioether (sulfide) groups is 1. The van der Waals surface area contributed by atoms with Crippen molar-refractivity contribution in [3.05, 3.63) is 53.6 Å². The highest BCUT2D eigenvalue weighted by atomic mass is 32.2. The van der Waals surface area contributed by atoms with Gasteiger partial charge in [0.15, 0.2) is 5.82 Å². The van der Waals surface area contributed by atoms with Crippen LogP contribution in [0.5, 0.6) is 5.75 Å². The highest BCUT2D eigenvalue weighted by Crippen LogP contribution is 2.28. The number of benzene rings is 2. The van der Waals surface area contributed by atoms with Gasteiger partial charge in [0.05, 0.1) is 18.6 Å². The third-order valence-electron chi connectivity index (χ3n) is 4.64. The summed E-state index contributed by atoms with van der Waals surface area (Å²) in [5.74, 6) is 7.32. The van der Waals surface area contributed by atoms with Gasteiger partial charge in [0, 0.05) is 5.56 Å². The van der Waals surface area contributed by atoms with Crippen LogP contribution in [0.25, 0.3) is 11.4 Å². The van der Waals surface area contributed by atoms with Gasteiger partial charge in [0.2, 0.25) is 11.1 Å². The zero-order chi connectivity index (χ0) is 21.9. The van der Waals surface area contributed by atoms with Gasteiger partial charge in [-0.25, -0.2) is 4.68 Å². The minimum absolute atomic E-state index is 0.0727. The van der Waals surface area contributed by atoms with Crippen LogP contribution in [0.3, 0.4) is 0 Å². The molecule has 3 rings (SSSR count). The molecule has 0 radical (unpaired) electrons. The first kappa shape index (κ1) is 21.7. The third kappa shape index (κ3) is 4.94. The highest BCUT2D eigenvalue weighted by molar-refractivity contribution is 7.99. The first-order chi connectivity index (χ1) is 14.2. The molecule has 0 unspecified atom stereocenters. The van der Waals surface area contributed by atoms with Crippen molar-refractivity contribution in [2.45, 2.75) is 38.3 Å². The van der Waals surface area contributed by atoms with E-state index in [1.807, 2.05) is 37.3 Å². The number of carbonyl (C=O) groups is 1. The van der Waals surface area contributed by atoms with Crippen LogP contribution in [0.1, 0.15) is 31.9 Å². The Morgan fingerprint density at radius 3 is 2.50 bits per heavy atom. The number of rotatable bonds is 6. The molecule has 158 valence electrons. The number of nitrogens with two attached hydrogens (primary N) is 1. The largest absolute Gasteiger partial charge is 0.495 e. The van der Waals surface area contributed by atoms with Crippen LogP contribution in [0, 0.1) is 6.92 Å². The molecule has 0 fully saturated rings. The molecule has 0 aliphatic rings. The number of hydrogen-bond acceptors (Lipinski definition) is 6. The van der Waals surface area contributed by atoms with E-state index in [2.05, 4.69) is 48.4 Å². The summed E-state index contributed by atoms with van der Waals surface area (Å²) in [6.45, 7) is 8.45. The average molecular weight is 426 g/mol. The van der Waals surface area contributed by atoms with Gasteiger partial charge >= 0.3 is 0 Å². The molecule has 0 bridgehead atoms. The lowest BCUT2D eigenvalue weighted by Gasteiger charge is -2.19. The molecule has 30 heavy (non-hydrogen) atoms. The lowest BCUT2D eigenvalue weighted by Crippen LogP contribution is -2.17. The van der Waals surface area contributed by atoms with Crippen molar-refractivity contribution < 1.29 is 9.53 Å². The smallest absolute Gasteiger partial charge is 0.234 e. The van der Waals surface area contributed by atoms with E-state index in [1.165, 1.54) is 22.0 Å². The molecule has 7 nitrogen and oxygen atoms in total. The monoisotopic (exact) mass is 425 g/mol. The number of hydrogen-bond donors (Lipinski definition) is 2. The van der Waals surface area contributed by atoms with E-state index in [-0.39, 0.29) is 17.1 Å². The van der Waals surface area contributed by atoms with E-state index in [4.69, 9.17) is 10.6 Å². The van der Waals surface area contributed by atoms with Gasteiger partial charge < -0.3 is 15.9 Å². The minimum Gasteiger partial charge on any atom is -0.495 e. The van der Waals surface area contributed by atoms with E-state index in [0.717, 1.165) is 11.1 Å². The first-order valence-electron chi connectivity index (χ1n) is 9.57. The number of aromatic nitrogens is 3. The molecule has 0 spiro atoms. The summed E-state index contributed by atoms with van der Waals surface area (Å²) in [5, 5.41) is 11.7. The van der Waals surface area contributed by atoms with E-state index in [9.17, 15) is 4.79 Å². The van der Waals surface area contributed by atoms with Crippen molar-refractivity contribution >= 4 is 23.4 Å².